The molecule has 1 aliphatic carbocycles. The molecule has 0 amide bonds. The first-order chi connectivity index (χ1) is 18.3. The number of rotatable bonds is 7. The highest BCUT2D eigenvalue weighted by atomic mass is 19.4. The number of anilines is 2. The third-order valence-corrected chi connectivity index (χ3v) is 7.68. The molecule has 38 heavy (non-hydrogen) atoms. The van der Waals surface area contributed by atoms with Gasteiger partial charge in [-0.1, -0.05) is 25.0 Å². The quantitative estimate of drug-likeness (QED) is 0.351. The number of nitrogens with one attached hydrogen (secondary N) is 1. The lowest BCUT2D eigenvalue weighted by atomic mass is 9.77. The second-order valence-corrected chi connectivity index (χ2v) is 10.3. The first-order valence-electron chi connectivity index (χ1n) is 13.1. The van der Waals surface area contributed by atoms with E-state index in [-0.39, 0.29) is 11.6 Å². The first-order valence-corrected chi connectivity index (χ1v) is 13.1. The van der Waals surface area contributed by atoms with E-state index in [1.54, 1.807) is 24.4 Å². The second kappa shape index (κ2) is 11.0. The van der Waals surface area contributed by atoms with Crippen LogP contribution in [0, 0.1) is 11.8 Å². The number of benzene rings is 1. The van der Waals surface area contributed by atoms with Gasteiger partial charge in [-0.3, -0.25) is 0 Å². The number of piperidine rings is 1. The summed E-state index contributed by atoms with van der Waals surface area (Å²) in [6.45, 7) is 1.62. The molecule has 2 N–H and O–H groups in total. The number of oxazole rings is 1. The van der Waals surface area contributed by atoms with Crippen LogP contribution in [0.1, 0.15) is 61.0 Å². The fourth-order valence-electron chi connectivity index (χ4n) is 5.78. The SMILES string of the molecule is O=C(O)c1cccc(-c2cnc(N[C@@H]3CCCC[C@H]3C[C@H]3CCCN(c4ccc(C(F)(F)F)nc4)C3)o2)c1. The van der Waals surface area contributed by atoms with Gasteiger partial charge in [0.1, 0.15) is 5.69 Å². The second-order valence-electron chi connectivity index (χ2n) is 10.3. The Balaban J connectivity index is 1.22. The summed E-state index contributed by atoms with van der Waals surface area (Å²) in [5, 5.41) is 12.7. The molecular formula is C28H31F3N4O3. The lowest BCUT2D eigenvalue weighted by Crippen LogP contribution is -2.39. The molecule has 3 aromatic rings. The maximum Gasteiger partial charge on any atom is 0.433 e. The molecule has 0 spiro atoms. The number of aromatic carboxylic acids is 1. The zero-order valence-corrected chi connectivity index (χ0v) is 21.0. The van der Waals surface area contributed by atoms with Crippen molar-refractivity contribution in [2.45, 2.75) is 57.2 Å². The van der Waals surface area contributed by atoms with Crippen molar-refractivity contribution in [2.24, 2.45) is 11.8 Å². The maximum atomic E-state index is 12.9. The van der Waals surface area contributed by atoms with Crippen LogP contribution >= 0.6 is 0 Å². The van der Waals surface area contributed by atoms with Crippen molar-refractivity contribution in [2.75, 3.05) is 23.3 Å². The molecule has 0 radical (unpaired) electrons. The summed E-state index contributed by atoms with van der Waals surface area (Å²) >= 11 is 0. The van der Waals surface area contributed by atoms with Gasteiger partial charge in [0.05, 0.1) is 23.6 Å². The zero-order chi connectivity index (χ0) is 26.7. The average molecular weight is 529 g/mol. The molecule has 2 aromatic heterocycles. The van der Waals surface area contributed by atoms with Crippen LogP contribution in [-0.4, -0.2) is 40.2 Å². The summed E-state index contributed by atoms with van der Waals surface area (Å²) < 4.78 is 44.6. The molecule has 3 atom stereocenters. The van der Waals surface area contributed by atoms with Gasteiger partial charge in [-0.15, -0.1) is 0 Å². The van der Waals surface area contributed by atoms with Gasteiger partial charge in [0.25, 0.3) is 6.01 Å². The van der Waals surface area contributed by atoms with Crippen molar-refractivity contribution >= 4 is 17.7 Å². The van der Waals surface area contributed by atoms with Gasteiger partial charge in [-0.2, -0.15) is 13.2 Å². The lowest BCUT2D eigenvalue weighted by molar-refractivity contribution is -0.141. The van der Waals surface area contributed by atoms with Crippen LogP contribution in [0.3, 0.4) is 0 Å². The highest BCUT2D eigenvalue weighted by molar-refractivity contribution is 5.89. The van der Waals surface area contributed by atoms with E-state index >= 15 is 0 Å². The molecule has 5 rings (SSSR count). The summed E-state index contributed by atoms with van der Waals surface area (Å²) in [5.41, 5.74) is 0.718. The highest BCUT2D eigenvalue weighted by Gasteiger charge is 2.33. The van der Waals surface area contributed by atoms with Crippen molar-refractivity contribution < 1.29 is 27.5 Å². The minimum absolute atomic E-state index is 0.189. The number of pyridine rings is 1. The number of hydrogen-bond acceptors (Lipinski definition) is 6. The van der Waals surface area contributed by atoms with E-state index in [1.165, 1.54) is 24.8 Å². The summed E-state index contributed by atoms with van der Waals surface area (Å²) in [6, 6.07) is 9.80. The van der Waals surface area contributed by atoms with Crippen molar-refractivity contribution in [1.29, 1.82) is 0 Å². The van der Waals surface area contributed by atoms with E-state index in [9.17, 15) is 23.1 Å². The third-order valence-electron chi connectivity index (χ3n) is 7.68. The Hall–Kier alpha value is -3.56. The number of nitrogens with zero attached hydrogens (tertiary/aromatic N) is 3. The molecule has 10 heteroatoms. The van der Waals surface area contributed by atoms with E-state index in [0.717, 1.165) is 63.4 Å². The van der Waals surface area contributed by atoms with E-state index in [2.05, 4.69) is 20.2 Å². The highest BCUT2D eigenvalue weighted by Crippen LogP contribution is 2.36. The Morgan fingerprint density at radius 1 is 1.08 bits per heavy atom. The molecule has 2 aliphatic rings. The standard InChI is InChI=1S/C28H31F3N4O3/c29-28(30,31)25-11-10-22(15-32-25)35-12-4-5-18(17-35)13-19-6-1-2-9-23(19)34-27-33-16-24(38-27)20-7-3-8-21(14-20)26(36)37/h3,7-8,10-11,14-16,18-19,23H,1-2,4-6,9,12-13,17H2,(H,33,34)(H,36,37)/t18-,19+,23-/m1/s1. The van der Waals surface area contributed by atoms with Crippen molar-refractivity contribution in [3.05, 3.63) is 60.0 Å². The van der Waals surface area contributed by atoms with E-state index < -0.39 is 17.8 Å². The van der Waals surface area contributed by atoms with Gasteiger partial charge < -0.3 is 19.7 Å². The van der Waals surface area contributed by atoms with Crippen LogP contribution in [0.4, 0.5) is 24.9 Å². The zero-order valence-electron chi connectivity index (χ0n) is 21.0. The van der Waals surface area contributed by atoms with Crippen molar-refractivity contribution in [3.63, 3.8) is 0 Å². The van der Waals surface area contributed by atoms with Gasteiger partial charge >= 0.3 is 12.1 Å². The maximum absolute atomic E-state index is 12.9. The fourth-order valence-corrected chi connectivity index (χ4v) is 5.78. The van der Waals surface area contributed by atoms with Gasteiger partial charge in [0, 0.05) is 24.7 Å². The molecular weight excluding hydrogens is 497 g/mol. The smallest absolute Gasteiger partial charge is 0.433 e. The summed E-state index contributed by atoms with van der Waals surface area (Å²) in [7, 11) is 0. The molecule has 7 nitrogen and oxygen atoms in total. The fraction of sp³-hybridized carbons (Fsp3) is 0.464. The first kappa shape index (κ1) is 26.1. The van der Waals surface area contributed by atoms with Crippen LogP contribution in [0.25, 0.3) is 11.3 Å². The van der Waals surface area contributed by atoms with Crippen LogP contribution in [-0.2, 0) is 6.18 Å². The Labute approximate surface area is 219 Å². The molecule has 1 aromatic carbocycles. The molecule has 1 saturated carbocycles. The largest absolute Gasteiger partial charge is 0.478 e. The molecule has 3 heterocycles. The van der Waals surface area contributed by atoms with Crippen LogP contribution in [0.5, 0.6) is 0 Å². The van der Waals surface area contributed by atoms with Gasteiger partial charge in [0.15, 0.2) is 5.76 Å². The molecule has 1 aliphatic heterocycles. The number of aromatic nitrogens is 2. The molecule has 202 valence electrons. The molecule has 1 saturated heterocycles. The van der Waals surface area contributed by atoms with Crippen LogP contribution in [0.2, 0.25) is 0 Å². The Morgan fingerprint density at radius 3 is 2.68 bits per heavy atom. The monoisotopic (exact) mass is 528 g/mol. The minimum atomic E-state index is -4.43. The van der Waals surface area contributed by atoms with Crippen LogP contribution < -0.4 is 10.2 Å². The number of halogens is 3. The third kappa shape index (κ3) is 6.11. The average Bonchev–Trinajstić information content (AvgIpc) is 3.38. The van der Waals surface area contributed by atoms with Gasteiger partial charge in [-0.05, 0) is 68.2 Å². The topological polar surface area (TPSA) is 91.5 Å². The summed E-state index contributed by atoms with van der Waals surface area (Å²) in [6.07, 6.45) is 6.03. The predicted molar refractivity (Wildman–Crippen MR) is 137 cm³/mol. The number of alkyl halides is 3. The number of carbonyl (C=O) groups is 1. The van der Waals surface area contributed by atoms with E-state index in [4.69, 9.17) is 4.42 Å². The van der Waals surface area contributed by atoms with Crippen molar-refractivity contribution in [1.82, 2.24) is 9.97 Å². The molecule has 0 bridgehead atoms. The molecule has 0 unspecified atom stereocenters. The minimum Gasteiger partial charge on any atom is -0.478 e. The van der Waals surface area contributed by atoms with Crippen LogP contribution in [0.15, 0.2) is 53.2 Å². The Morgan fingerprint density at radius 2 is 1.92 bits per heavy atom. The lowest BCUT2D eigenvalue weighted by Gasteiger charge is -2.39. The van der Waals surface area contributed by atoms with E-state index in [0.29, 0.717) is 29.2 Å². The van der Waals surface area contributed by atoms with E-state index in [1.807, 2.05) is 0 Å². The number of carboxylic acid groups (broad SMARTS) is 1. The molecule has 2 fully saturated rings. The summed E-state index contributed by atoms with van der Waals surface area (Å²) in [4.78, 5) is 21.5. The number of hydrogen-bond donors (Lipinski definition) is 2. The van der Waals surface area contributed by atoms with Gasteiger partial charge in [0.2, 0.25) is 0 Å². The summed E-state index contributed by atoms with van der Waals surface area (Å²) in [5.74, 6) is 0.393. The van der Waals surface area contributed by atoms with Gasteiger partial charge in [-0.25, -0.2) is 14.8 Å². The Kier molecular flexibility index (Phi) is 7.58. The van der Waals surface area contributed by atoms with Crippen molar-refractivity contribution in [3.8, 4) is 11.3 Å². The normalized spacial score (nSPS) is 22.3. The predicted octanol–water partition coefficient (Wildman–Crippen LogP) is 6.73. The Bertz CT molecular complexity index is 1240. The number of carboxylic acids is 1.